The third-order valence-electron chi connectivity index (χ3n) is 4.72. The molecule has 0 bridgehead atoms. The number of sulfonamides is 2. The summed E-state index contributed by atoms with van der Waals surface area (Å²) >= 11 is 0. The first-order valence-electron chi connectivity index (χ1n) is 10.7. The molecule has 0 unspecified atom stereocenters. The summed E-state index contributed by atoms with van der Waals surface area (Å²) in [6.07, 6.45) is 1.22. The maximum absolute atomic E-state index is 12.8. The molecule has 0 spiro atoms. The maximum Gasteiger partial charge on any atom is 0.269 e. The molecule has 0 aliphatic heterocycles. The Kier molecular flexibility index (Phi) is 9.67. The molecule has 0 saturated carbocycles. The summed E-state index contributed by atoms with van der Waals surface area (Å²) in [6, 6.07) is 10.2. The number of hydrogen-bond donors (Lipinski definition) is 2. The Bertz CT molecular complexity index is 1190. The van der Waals surface area contributed by atoms with E-state index in [1.54, 1.807) is 0 Å². The lowest BCUT2D eigenvalue weighted by atomic mass is 10.3. The first kappa shape index (κ1) is 27.4. The van der Waals surface area contributed by atoms with Crippen molar-refractivity contribution in [2.24, 2.45) is 0 Å². The van der Waals surface area contributed by atoms with Crippen LogP contribution in [0, 0.1) is 10.1 Å². The van der Waals surface area contributed by atoms with Crippen molar-refractivity contribution in [1.82, 2.24) is 9.03 Å². The highest BCUT2D eigenvalue weighted by atomic mass is 32.2. The van der Waals surface area contributed by atoms with Gasteiger partial charge in [-0.15, -0.1) is 0 Å². The first-order valence-corrected chi connectivity index (χ1v) is 13.6. The van der Waals surface area contributed by atoms with Crippen molar-refractivity contribution in [3.63, 3.8) is 0 Å². The molecular weight excluding hydrogens is 484 g/mol. The fourth-order valence-corrected chi connectivity index (χ4v) is 5.72. The Balaban J connectivity index is 1.93. The number of hydrogen-bond acceptors (Lipinski definition) is 7. The zero-order valence-corrected chi connectivity index (χ0v) is 20.6. The second-order valence-electron chi connectivity index (χ2n) is 7.38. The SMILES string of the molecule is CCCN(CCC)S(=O)(=O)c1ccc(NC(=O)CCNS(=O)(=O)c2ccc([N+](=O)[O-])cc2)cc1. The highest BCUT2D eigenvalue weighted by Gasteiger charge is 2.23. The molecule has 34 heavy (non-hydrogen) atoms. The van der Waals surface area contributed by atoms with Gasteiger partial charge in [0.2, 0.25) is 26.0 Å². The predicted molar refractivity (Wildman–Crippen MR) is 127 cm³/mol. The molecule has 0 radical (unpaired) electrons. The molecule has 2 N–H and O–H groups in total. The number of amides is 1. The Morgan fingerprint density at radius 2 is 1.44 bits per heavy atom. The van der Waals surface area contributed by atoms with E-state index < -0.39 is 30.9 Å². The van der Waals surface area contributed by atoms with E-state index >= 15 is 0 Å². The van der Waals surface area contributed by atoms with E-state index in [0.29, 0.717) is 31.6 Å². The van der Waals surface area contributed by atoms with Gasteiger partial charge in [-0.05, 0) is 49.2 Å². The highest BCUT2D eigenvalue weighted by molar-refractivity contribution is 7.89. The number of carbonyl (C=O) groups excluding carboxylic acids is 1. The van der Waals surface area contributed by atoms with Crippen molar-refractivity contribution in [3.05, 3.63) is 58.6 Å². The van der Waals surface area contributed by atoms with Gasteiger partial charge in [-0.1, -0.05) is 13.8 Å². The van der Waals surface area contributed by atoms with Crippen LogP contribution in [0.15, 0.2) is 58.3 Å². The third-order valence-corrected chi connectivity index (χ3v) is 8.11. The summed E-state index contributed by atoms with van der Waals surface area (Å²) in [6.45, 7) is 4.46. The second kappa shape index (κ2) is 12.0. The molecule has 0 fully saturated rings. The number of benzene rings is 2. The monoisotopic (exact) mass is 512 g/mol. The quantitative estimate of drug-likeness (QED) is 0.309. The van der Waals surface area contributed by atoms with E-state index in [0.717, 1.165) is 24.3 Å². The fourth-order valence-electron chi connectivity index (χ4n) is 3.06. The topological polar surface area (TPSA) is 156 Å². The summed E-state index contributed by atoms with van der Waals surface area (Å²) < 4.78 is 53.8. The second-order valence-corrected chi connectivity index (χ2v) is 11.1. The van der Waals surface area contributed by atoms with Gasteiger partial charge in [0.25, 0.3) is 5.69 Å². The Morgan fingerprint density at radius 1 is 0.912 bits per heavy atom. The minimum Gasteiger partial charge on any atom is -0.326 e. The summed E-state index contributed by atoms with van der Waals surface area (Å²) in [7, 11) is -7.56. The van der Waals surface area contributed by atoms with E-state index in [-0.39, 0.29) is 28.4 Å². The molecule has 0 aliphatic rings. The van der Waals surface area contributed by atoms with Crippen LogP contribution in [0.5, 0.6) is 0 Å². The number of rotatable bonds is 13. The standard InChI is InChI=1S/C21H28N4O7S2/c1-3-15-24(16-4-2)34(31,32)20-9-5-17(6-10-20)23-21(26)13-14-22-33(29,30)19-11-7-18(8-12-19)25(27)28/h5-12,22H,3-4,13-16H2,1-2H3,(H,23,26). The van der Waals surface area contributed by atoms with Crippen LogP contribution >= 0.6 is 0 Å². The average molecular weight is 513 g/mol. The number of nitrogens with zero attached hydrogens (tertiary/aromatic N) is 2. The summed E-state index contributed by atoms with van der Waals surface area (Å²) in [5, 5.41) is 13.3. The molecule has 2 aromatic carbocycles. The fraction of sp³-hybridized carbons (Fsp3) is 0.381. The van der Waals surface area contributed by atoms with E-state index in [4.69, 9.17) is 0 Å². The Hall–Kier alpha value is -2.87. The first-order chi connectivity index (χ1) is 16.0. The van der Waals surface area contributed by atoms with Gasteiger partial charge in [-0.3, -0.25) is 14.9 Å². The Labute approximate surface area is 199 Å². The number of non-ortho nitro benzene ring substituents is 1. The van der Waals surface area contributed by atoms with Crippen LogP contribution < -0.4 is 10.0 Å². The summed E-state index contributed by atoms with van der Waals surface area (Å²) in [5.74, 6) is -0.472. The molecule has 0 saturated heterocycles. The van der Waals surface area contributed by atoms with Gasteiger partial charge in [-0.2, -0.15) is 4.31 Å². The molecule has 186 valence electrons. The summed E-state index contributed by atoms with van der Waals surface area (Å²) in [4.78, 5) is 22.2. The van der Waals surface area contributed by atoms with Gasteiger partial charge in [0.1, 0.15) is 0 Å². The molecule has 1 amide bonds. The molecule has 0 heterocycles. The lowest BCUT2D eigenvalue weighted by molar-refractivity contribution is -0.384. The zero-order valence-electron chi connectivity index (χ0n) is 18.9. The van der Waals surface area contributed by atoms with Crippen LogP contribution in [0.2, 0.25) is 0 Å². The molecule has 0 atom stereocenters. The van der Waals surface area contributed by atoms with Crippen LogP contribution in [0.4, 0.5) is 11.4 Å². The van der Waals surface area contributed by atoms with Crippen LogP contribution in [0.1, 0.15) is 33.1 Å². The van der Waals surface area contributed by atoms with Crippen molar-refractivity contribution in [3.8, 4) is 0 Å². The van der Waals surface area contributed by atoms with Crippen molar-refractivity contribution < 1.29 is 26.6 Å². The van der Waals surface area contributed by atoms with Crippen molar-refractivity contribution in [1.29, 1.82) is 0 Å². The number of nitrogens with one attached hydrogen (secondary N) is 2. The minimum atomic E-state index is -3.94. The molecule has 0 aliphatic carbocycles. The molecule has 0 aromatic heterocycles. The Morgan fingerprint density at radius 3 is 1.94 bits per heavy atom. The van der Waals surface area contributed by atoms with Crippen LogP contribution in [0.25, 0.3) is 0 Å². The summed E-state index contributed by atoms with van der Waals surface area (Å²) in [5.41, 5.74) is 0.139. The molecule has 11 nitrogen and oxygen atoms in total. The van der Waals surface area contributed by atoms with E-state index in [1.807, 2.05) is 13.8 Å². The number of nitro benzene ring substituents is 1. The van der Waals surface area contributed by atoms with Crippen molar-refractivity contribution in [2.45, 2.75) is 42.9 Å². The van der Waals surface area contributed by atoms with Gasteiger partial charge in [0, 0.05) is 43.9 Å². The smallest absolute Gasteiger partial charge is 0.269 e. The number of nitro groups is 1. The largest absolute Gasteiger partial charge is 0.326 e. The lowest BCUT2D eigenvalue weighted by Crippen LogP contribution is -2.32. The van der Waals surface area contributed by atoms with Crippen LogP contribution in [-0.4, -0.2) is 51.6 Å². The van der Waals surface area contributed by atoms with Crippen molar-refractivity contribution >= 4 is 37.3 Å². The third kappa shape index (κ3) is 7.32. The maximum atomic E-state index is 12.8. The van der Waals surface area contributed by atoms with E-state index in [9.17, 15) is 31.7 Å². The molecular formula is C21H28N4O7S2. The minimum absolute atomic E-state index is 0.128. The zero-order chi connectivity index (χ0) is 25.4. The van der Waals surface area contributed by atoms with Gasteiger partial charge in [0.05, 0.1) is 14.7 Å². The normalized spacial score (nSPS) is 12.0. The lowest BCUT2D eigenvalue weighted by Gasteiger charge is -2.21. The molecule has 2 rings (SSSR count). The van der Waals surface area contributed by atoms with Crippen molar-refractivity contribution in [2.75, 3.05) is 25.0 Å². The molecule has 13 heteroatoms. The predicted octanol–water partition coefficient (Wildman–Crippen LogP) is 2.71. The van der Waals surface area contributed by atoms with Crippen LogP contribution in [-0.2, 0) is 24.8 Å². The molecule has 2 aromatic rings. The number of anilines is 1. The van der Waals surface area contributed by atoms with Crippen LogP contribution in [0.3, 0.4) is 0 Å². The highest BCUT2D eigenvalue weighted by Crippen LogP contribution is 2.19. The van der Waals surface area contributed by atoms with Gasteiger partial charge < -0.3 is 5.32 Å². The van der Waals surface area contributed by atoms with Gasteiger partial charge in [0.15, 0.2) is 0 Å². The van der Waals surface area contributed by atoms with E-state index in [1.165, 1.54) is 28.6 Å². The van der Waals surface area contributed by atoms with Gasteiger partial charge >= 0.3 is 0 Å². The van der Waals surface area contributed by atoms with E-state index in [2.05, 4.69) is 10.0 Å². The number of carbonyl (C=O) groups is 1. The van der Waals surface area contributed by atoms with Gasteiger partial charge in [-0.25, -0.2) is 21.6 Å². The average Bonchev–Trinajstić information content (AvgIpc) is 2.79.